The fraction of sp³-hybridized carbons (Fsp3) is 0.333. The number of allylic oxidation sites excluding steroid dienone is 1. The maximum Gasteiger partial charge on any atom is 0.124 e. The second-order valence-corrected chi connectivity index (χ2v) is 4.26. The summed E-state index contributed by atoms with van der Waals surface area (Å²) in [5.41, 5.74) is 1.87. The molecular formula is C15H17N3O. The first kappa shape index (κ1) is 13.2. The molecule has 0 fully saturated rings. The van der Waals surface area contributed by atoms with Gasteiger partial charge < -0.3 is 9.30 Å². The lowest BCUT2D eigenvalue weighted by Gasteiger charge is -2.05. The van der Waals surface area contributed by atoms with E-state index in [2.05, 4.69) is 24.6 Å². The normalized spacial score (nSPS) is 10.3. The van der Waals surface area contributed by atoms with Crippen molar-refractivity contribution in [3.8, 4) is 11.8 Å². The van der Waals surface area contributed by atoms with Gasteiger partial charge in [-0.15, -0.1) is 6.58 Å². The third-order valence-electron chi connectivity index (χ3n) is 2.82. The van der Waals surface area contributed by atoms with Gasteiger partial charge in [-0.1, -0.05) is 13.0 Å². The van der Waals surface area contributed by atoms with Gasteiger partial charge in [0.05, 0.1) is 30.1 Å². The van der Waals surface area contributed by atoms with Crippen molar-refractivity contribution in [2.24, 2.45) is 0 Å². The van der Waals surface area contributed by atoms with Gasteiger partial charge in [-0.2, -0.15) is 5.26 Å². The molecule has 0 radical (unpaired) electrons. The minimum atomic E-state index is 0.299. The number of aromatic nitrogens is 2. The van der Waals surface area contributed by atoms with Gasteiger partial charge in [0, 0.05) is 12.6 Å². The van der Waals surface area contributed by atoms with Crippen molar-refractivity contribution in [3.63, 3.8) is 0 Å². The monoisotopic (exact) mass is 255 g/mol. The first-order chi connectivity index (χ1) is 9.30. The second-order valence-electron chi connectivity index (χ2n) is 4.26. The summed E-state index contributed by atoms with van der Waals surface area (Å²) in [5.74, 6) is 1.59. The molecule has 0 saturated heterocycles. The van der Waals surface area contributed by atoms with E-state index >= 15 is 0 Å². The summed E-state index contributed by atoms with van der Waals surface area (Å²) in [7, 11) is 0. The standard InChI is InChI=1S/C15H17N3O/c1-3-9-18-14-6-5-12(19-10-4-2)11-13(14)17-15(18)7-8-16/h3,5-6,11H,1,4,7,9-10H2,2H3. The number of imidazole rings is 1. The van der Waals surface area contributed by atoms with Gasteiger partial charge in [-0.05, 0) is 18.6 Å². The smallest absolute Gasteiger partial charge is 0.124 e. The fourth-order valence-corrected chi connectivity index (χ4v) is 2.01. The number of benzene rings is 1. The van der Waals surface area contributed by atoms with Crippen molar-refractivity contribution in [1.82, 2.24) is 9.55 Å². The number of hydrogen-bond acceptors (Lipinski definition) is 3. The van der Waals surface area contributed by atoms with Crippen LogP contribution >= 0.6 is 0 Å². The van der Waals surface area contributed by atoms with Crippen molar-refractivity contribution in [2.75, 3.05) is 6.61 Å². The molecule has 1 heterocycles. The predicted octanol–water partition coefficient (Wildman–Crippen LogP) is 3.08. The number of rotatable bonds is 6. The molecule has 19 heavy (non-hydrogen) atoms. The Balaban J connectivity index is 2.43. The van der Waals surface area contributed by atoms with Crippen LogP contribution in [-0.2, 0) is 13.0 Å². The number of nitriles is 1. The van der Waals surface area contributed by atoms with Crippen molar-refractivity contribution in [3.05, 3.63) is 36.7 Å². The quantitative estimate of drug-likeness (QED) is 0.745. The molecule has 0 aliphatic rings. The average Bonchev–Trinajstić information content (AvgIpc) is 2.75. The number of fused-ring (bicyclic) bond motifs is 1. The van der Waals surface area contributed by atoms with Crippen LogP contribution < -0.4 is 4.74 Å². The molecule has 0 N–H and O–H groups in total. The zero-order valence-electron chi connectivity index (χ0n) is 11.1. The number of nitrogens with zero attached hydrogens (tertiary/aromatic N) is 3. The molecule has 1 aromatic heterocycles. The van der Waals surface area contributed by atoms with Crippen LogP contribution in [0.25, 0.3) is 11.0 Å². The molecule has 0 bridgehead atoms. The Morgan fingerprint density at radius 2 is 2.37 bits per heavy atom. The highest BCUT2D eigenvalue weighted by atomic mass is 16.5. The topological polar surface area (TPSA) is 50.8 Å². The fourth-order valence-electron chi connectivity index (χ4n) is 2.01. The summed E-state index contributed by atoms with van der Waals surface area (Å²) in [5, 5.41) is 8.85. The Hall–Kier alpha value is -2.28. The van der Waals surface area contributed by atoms with E-state index in [0.717, 1.165) is 29.0 Å². The van der Waals surface area contributed by atoms with Crippen LogP contribution in [0.2, 0.25) is 0 Å². The highest BCUT2D eigenvalue weighted by Crippen LogP contribution is 2.22. The minimum absolute atomic E-state index is 0.299. The van der Waals surface area contributed by atoms with Crippen LogP contribution in [0.1, 0.15) is 19.2 Å². The lowest BCUT2D eigenvalue weighted by Crippen LogP contribution is -2.01. The Labute approximate surface area is 112 Å². The van der Waals surface area contributed by atoms with E-state index in [1.165, 1.54) is 0 Å². The zero-order chi connectivity index (χ0) is 13.7. The van der Waals surface area contributed by atoms with Crippen LogP contribution in [0.4, 0.5) is 0 Å². The second kappa shape index (κ2) is 6.05. The van der Waals surface area contributed by atoms with Crippen molar-refractivity contribution < 1.29 is 4.74 Å². The molecule has 98 valence electrons. The molecule has 0 atom stereocenters. The van der Waals surface area contributed by atoms with Gasteiger partial charge in [-0.25, -0.2) is 4.98 Å². The van der Waals surface area contributed by atoms with Gasteiger partial charge in [-0.3, -0.25) is 0 Å². The Morgan fingerprint density at radius 3 is 3.05 bits per heavy atom. The Morgan fingerprint density at radius 1 is 1.53 bits per heavy atom. The lowest BCUT2D eigenvalue weighted by molar-refractivity contribution is 0.318. The van der Waals surface area contributed by atoms with Crippen LogP contribution in [0.15, 0.2) is 30.9 Å². The molecule has 4 heteroatoms. The van der Waals surface area contributed by atoms with E-state index in [0.29, 0.717) is 19.6 Å². The predicted molar refractivity (Wildman–Crippen MR) is 75.0 cm³/mol. The van der Waals surface area contributed by atoms with E-state index in [1.807, 2.05) is 28.8 Å². The van der Waals surface area contributed by atoms with E-state index in [1.54, 1.807) is 0 Å². The number of ether oxygens (including phenoxy) is 1. The molecule has 0 unspecified atom stereocenters. The SMILES string of the molecule is C=CCn1c(CC#N)nc2cc(OCCC)ccc21. The van der Waals surface area contributed by atoms with E-state index in [9.17, 15) is 0 Å². The molecule has 0 spiro atoms. The maximum atomic E-state index is 8.85. The summed E-state index contributed by atoms with van der Waals surface area (Å²) < 4.78 is 7.61. The molecule has 1 aromatic carbocycles. The van der Waals surface area contributed by atoms with Crippen molar-refractivity contribution in [2.45, 2.75) is 26.3 Å². The van der Waals surface area contributed by atoms with Crippen LogP contribution in [-0.4, -0.2) is 16.2 Å². The minimum Gasteiger partial charge on any atom is -0.494 e. The van der Waals surface area contributed by atoms with E-state index < -0.39 is 0 Å². The van der Waals surface area contributed by atoms with E-state index in [-0.39, 0.29) is 0 Å². The molecule has 2 rings (SSSR count). The Kier molecular flexibility index (Phi) is 4.19. The first-order valence-corrected chi connectivity index (χ1v) is 6.40. The summed E-state index contributed by atoms with van der Waals surface area (Å²) in [6, 6.07) is 7.99. The summed E-state index contributed by atoms with van der Waals surface area (Å²) >= 11 is 0. The lowest BCUT2D eigenvalue weighted by atomic mass is 10.3. The highest BCUT2D eigenvalue weighted by molar-refractivity contribution is 5.78. The van der Waals surface area contributed by atoms with Crippen LogP contribution in [0.3, 0.4) is 0 Å². The molecule has 2 aromatic rings. The van der Waals surface area contributed by atoms with Crippen molar-refractivity contribution >= 4 is 11.0 Å². The third-order valence-corrected chi connectivity index (χ3v) is 2.82. The van der Waals surface area contributed by atoms with Crippen LogP contribution in [0, 0.1) is 11.3 Å². The average molecular weight is 255 g/mol. The van der Waals surface area contributed by atoms with Gasteiger partial charge in [0.1, 0.15) is 11.6 Å². The zero-order valence-corrected chi connectivity index (χ0v) is 11.1. The molecule has 4 nitrogen and oxygen atoms in total. The first-order valence-electron chi connectivity index (χ1n) is 6.40. The molecular weight excluding hydrogens is 238 g/mol. The molecule has 0 amide bonds. The molecule has 0 saturated carbocycles. The summed E-state index contributed by atoms with van der Waals surface area (Å²) in [6.45, 7) is 7.17. The van der Waals surface area contributed by atoms with Gasteiger partial charge >= 0.3 is 0 Å². The third kappa shape index (κ3) is 2.76. The van der Waals surface area contributed by atoms with Crippen molar-refractivity contribution in [1.29, 1.82) is 5.26 Å². The highest BCUT2D eigenvalue weighted by Gasteiger charge is 2.10. The molecule has 0 aliphatic carbocycles. The number of hydrogen-bond donors (Lipinski definition) is 0. The van der Waals surface area contributed by atoms with Crippen LogP contribution in [0.5, 0.6) is 5.75 Å². The summed E-state index contributed by atoms with van der Waals surface area (Å²) in [6.07, 6.45) is 3.08. The van der Waals surface area contributed by atoms with Gasteiger partial charge in [0.15, 0.2) is 0 Å². The molecule has 0 aliphatic heterocycles. The Bertz CT molecular complexity index is 622. The largest absolute Gasteiger partial charge is 0.494 e. The maximum absolute atomic E-state index is 8.85. The van der Waals surface area contributed by atoms with Gasteiger partial charge in [0.2, 0.25) is 0 Å². The van der Waals surface area contributed by atoms with Gasteiger partial charge in [0.25, 0.3) is 0 Å². The summed E-state index contributed by atoms with van der Waals surface area (Å²) in [4.78, 5) is 4.50. The van der Waals surface area contributed by atoms with E-state index in [4.69, 9.17) is 10.00 Å².